The molecule has 160 valence electrons. The molecule has 0 atom stereocenters. The van der Waals surface area contributed by atoms with Crippen molar-refractivity contribution in [3.63, 3.8) is 0 Å². The maximum Gasteiger partial charge on any atom is 0.234 e. The number of nitrogens with one attached hydrogen (secondary N) is 1. The summed E-state index contributed by atoms with van der Waals surface area (Å²) in [6.07, 6.45) is 0. The first kappa shape index (κ1) is 22.1. The molecule has 1 amide bonds. The van der Waals surface area contributed by atoms with Gasteiger partial charge in [-0.05, 0) is 37.3 Å². The van der Waals surface area contributed by atoms with Gasteiger partial charge in [0.25, 0.3) is 0 Å². The summed E-state index contributed by atoms with van der Waals surface area (Å²) < 4.78 is 17.4. The fourth-order valence-electron chi connectivity index (χ4n) is 2.79. The molecular weight excluding hydrogens is 477 g/mol. The lowest BCUT2D eigenvalue weighted by Gasteiger charge is -2.08. The van der Waals surface area contributed by atoms with Crippen molar-refractivity contribution in [1.82, 2.24) is 19.7 Å². The van der Waals surface area contributed by atoms with Crippen LogP contribution in [-0.2, 0) is 17.1 Å². The third-order valence-electron chi connectivity index (χ3n) is 4.24. The third kappa shape index (κ3) is 5.38. The number of aromatic nitrogens is 4. The molecule has 0 radical (unpaired) electrons. The van der Waals surface area contributed by atoms with Crippen LogP contribution in [0.4, 0.5) is 10.1 Å². The second-order valence-corrected chi connectivity index (χ2v) is 9.95. The van der Waals surface area contributed by atoms with Crippen LogP contribution in [-0.4, -0.2) is 31.4 Å². The first-order valence-corrected chi connectivity index (χ1v) is 12.5. The van der Waals surface area contributed by atoms with E-state index >= 15 is 0 Å². The average molecular weight is 494 g/mol. The molecule has 0 unspecified atom stereocenters. The number of nitrogens with zero attached hydrogens (tertiary/aromatic N) is 4. The summed E-state index contributed by atoms with van der Waals surface area (Å²) in [6.45, 7) is 2.71. The lowest BCUT2D eigenvalue weighted by Crippen LogP contribution is -2.14. The first-order chi connectivity index (χ1) is 15.0. The number of hydrogen-bond acceptors (Lipinski definition) is 7. The summed E-state index contributed by atoms with van der Waals surface area (Å²) in [7, 11) is 0. The number of carbonyl (C=O) groups is 1. The van der Waals surface area contributed by atoms with Crippen molar-refractivity contribution in [2.24, 2.45) is 0 Å². The van der Waals surface area contributed by atoms with Gasteiger partial charge >= 0.3 is 0 Å². The number of fused-ring (bicyclic) bond motifs is 1. The van der Waals surface area contributed by atoms with Gasteiger partial charge in [0.2, 0.25) is 5.91 Å². The Morgan fingerprint density at radius 3 is 2.84 bits per heavy atom. The van der Waals surface area contributed by atoms with E-state index in [9.17, 15) is 9.18 Å². The van der Waals surface area contributed by atoms with Gasteiger partial charge in [-0.15, -0.1) is 21.5 Å². The summed E-state index contributed by atoms with van der Waals surface area (Å²) in [5.74, 6) is 0.865. The van der Waals surface area contributed by atoms with E-state index < -0.39 is 5.82 Å². The predicted octanol–water partition coefficient (Wildman–Crippen LogP) is 5.72. The molecule has 0 aliphatic carbocycles. The maximum absolute atomic E-state index is 13.2. The van der Waals surface area contributed by atoms with Crippen LogP contribution in [0.1, 0.15) is 12.7 Å². The zero-order chi connectivity index (χ0) is 21.8. The molecule has 0 fully saturated rings. The SMILES string of the molecule is CCn1c(CSc2nc3ccccc3s2)nnc1SCC(=O)Nc1ccc(F)c(Cl)c1. The minimum atomic E-state index is -0.527. The highest BCUT2D eigenvalue weighted by Gasteiger charge is 2.15. The fraction of sp³-hybridized carbons (Fsp3) is 0.200. The summed E-state index contributed by atoms with van der Waals surface area (Å²) in [5.41, 5.74) is 1.44. The van der Waals surface area contributed by atoms with Crippen LogP contribution in [0.15, 0.2) is 52.0 Å². The summed E-state index contributed by atoms with van der Waals surface area (Å²) in [6, 6.07) is 12.1. The monoisotopic (exact) mass is 493 g/mol. The smallest absolute Gasteiger partial charge is 0.234 e. The Bertz CT molecular complexity index is 1200. The lowest BCUT2D eigenvalue weighted by atomic mass is 10.3. The van der Waals surface area contributed by atoms with Crippen molar-refractivity contribution >= 4 is 68.3 Å². The van der Waals surface area contributed by atoms with E-state index in [1.54, 1.807) is 23.1 Å². The molecule has 11 heteroatoms. The van der Waals surface area contributed by atoms with Gasteiger partial charge in [-0.2, -0.15) is 0 Å². The first-order valence-electron chi connectivity index (χ1n) is 9.31. The third-order valence-corrected chi connectivity index (χ3v) is 7.68. The summed E-state index contributed by atoms with van der Waals surface area (Å²) in [5, 5.41) is 11.9. The van der Waals surface area contributed by atoms with Crippen LogP contribution in [0.2, 0.25) is 5.02 Å². The minimum Gasteiger partial charge on any atom is -0.325 e. The Hall–Kier alpha value is -2.14. The average Bonchev–Trinajstić information content (AvgIpc) is 3.36. The maximum atomic E-state index is 13.2. The van der Waals surface area contributed by atoms with Gasteiger partial charge in [0, 0.05) is 12.2 Å². The number of carbonyl (C=O) groups excluding carboxylic acids is 1. The summed E-state index contributed by atoms with van der Waals surface area (Å²) >= 11 is 10.3. The Morgan fingerprint density at radius 1 is 1.23 bits per heavy atom. The molecule has 0 saturated carbocycles. The molecule has 2 heterocycles. The van der Waals surface area contributed by atoms with E-state index in [0.717, 1.165) is 20.4 Å². The van der Waals surface area contributed by atoms with Crippen molar-refractivity contribution in [2.75, 3.05) is 11.1 Å². The largest absolute Gasteiger partial charge is 0.325 e. The lowest BCUT2D eigenvalue weighted by molar-refractivity contribution is -0.113. The zero-order valence-corrected chi connectivity index (χ0v) is 19.5. The molecule has 4 rings (SSSR count). The zero-order valence-electron chi connectivity index (χ0n) is 16.3. The molecule has 0 bridgehead atoms. The minimum absolute atomic E-state index is 0.0357. The number of amides is 1. The molecule has 0 aliphatic heterocycles. The molecule has 1 N–H and O–H groups in total. The van der Waals surface area contributed by atoms with E-state index in [-0.39, 0.29) is 16.7 Å². The molecule has 0 saturated heterocycles. The van der Waals surface area contributed by atoms with Gasteiger partial charge < -0.3 is 9.88 Å². The fourth-order valence-corrected chi connectivity index (χ4v) is 5.80. The van der Waals surface area contributed by atoms with E-state index in [4.69, 9.17) is 11.6 Å². The highest BCUT2D eigenvalue weighted by Crippen LogP contribution is 2.31. The van der Waals surface area contributed by atoms with E-state index in [0.29, 0.717) is 23.1 Å². The van der Waals surface area contributed by atoms with Crippen molar-refractivity contribution in [2.45, 2.75) is 28.7 Å². The highest BCUT2D eigenvalue weighted by molar-refractivity contribution is 8.00. The van der Waals surface area contributed by atoms with Crippen LogP contribution >= 0.6 is 46.5 Å². The second-order valence-electron chi connectivity index (χ2n) is 6.34. The Balaban J connectivity index is 1.36. The Kier molecular flexibility index (Phi) is 7.11. The normalized spacial score (nSPS) is 11.2. The Labute approximate surface area is 195 Å². The molecule has 2 aromatic carbocycles. The number of benzene rings is 2. The molecular formula is C20H17ClFN5OS3. The van der Waals surface area contributed by atoms with Gasteiger partial charge in [0.15, 0.2) is 9.50 Å². The van der Waals surface area contributed by atoms with Gasteiger partial charge in [0.05, 0.1) is 26.7 Å². The van der Waals surface area contributed by atoms with E-state index in [1.807, 2.05) is 29.7 Å². The quantitative estimate of drug-likeness (QED) is 0.316. The molecule has 4 aromatic rings. The van der Waals surface area contributed by atoms with Crippen molar-refractivity contribution in [3.8, 4) is 0 Å². The molecule has 0 aliphatic rings. The number of hydrogen-bond donors (Lipinski definition) is 1. The van der Waals surface area contributed by atoms with Crippen molar-refractivity contribution in [1.29, 1.82) is 0 Å². The topological polar surface area (TPSA) is 72.7 Å². The number of anilines is 1. The van der Waals surface area contributed by atoms with E-state index in [1.165, 1.54) is 30.0 Å². The molecule has 6 nitrogen and oxygen atoms in total. The van der Waals surface area contributed by atoms with Crippen LogP contribution < -0.4 is 5.32 Å². The van der Waals surface area contributed by atoms with Crippen LogP contribution in [0, 0.1) is 5.82 Å². The number of thioether (sulfide) groups is 2. The standard InChI is InChI=1S/C20H17ClFN5OS3/c1-2-27-17(10-30-20-24-15-5-3-4-6-16(15)31-20)25-26-19(27)29-11-18(28)23-12-7-8-14(22)13(21)9-12/h3-9H,2,10-11H2,1H3,(H,23,28). The van der Waals surface area contributed by atoms with Crippen LogP contribution in [0.25, 0.3) is 10.2 Å². The molecule has 0 spiro atoms. The molecule has 2 aromatic heterocycles. The Morgan fingerprint density at radius 2 is 2.06 bits per heavy atom. The number of rotatable bonds is 8. The van der Waals surface area contributed by atoms with Crippen molar-refractivity contribution in [3.05, 3.63) is 59.1 Å². The predicted molar refractivity (Wildman–Crippen MR) is 126 cm³/mol. The number of thiazole rings is 1. The second kappa shape index (κ2) is 9.99. The van der Waals surface area contributed by atoms with Crippen molar-refractivity contribution < 1.29 is 9.18 Å². The number of halogens is 2. The highest BCUT2D eigenvalue weighted by atomic mass is 35.5. The number of para-hydroxylation sites is 1. The van der Waals surface area contributed by atoms with Crippen LogP contribution in [0.5, 0.6) is 0 Å². The van der Waals surface area contributed by atoms with Gasteiger partial charge in [-0.1, -0.05) is 47.3 Å². The molecule has 31 heavy (non-hydrogen) atoms. The van der Waals surface area contributed by atoms with Gasteiger partial charge in [0.1, 0.15) is 11.6 Å². The van der Waals surface area contributed by atoms with Gasteiger partial charge in [-0.3, -0.25) is 4.79 Å². The van der Waals surface area contributed by atoms with Gasteiger partial charge in [-0.25, -0.2) is 9.37 Å². The van der Waals surface area contributed by atoms with E-state index in [2.05, 4.69) is 26.6 Å². The summed E-state index contributed by atoms with van der Waals surface area (Å²) in [4.78, 5) is 16.9. The van der Waals surface area contributed by atoms with Crippen LogP contribution in [0.3, 0.4) is 0 Å².